The maximum atomic E-state index is 12.3. The normalized spacial score (nSPS) is 10.9. The largest absolute Gasteiger partial charge is 0.352 e. The quantitative estimate of drug-likeness (QED) is 0.738. The first-order valence-corrected chi connectivity index (χ1v) is 8.89. The van der Waals surface area contributed by atoms with E-state index in [9.17, 15) is 9.59 Å². The molecule has 0 aliphatic rings. The van der Waals surface area contributed by atoms with Crippen LogP contribution < -0.4 is 10.9 Å². The predicted molar refractivity (Wildman–Crippen MR) is 105 cm³/mol. The molecule has 1 heterocycles. The van der Waals surface area contributed by atoms with Gasteiger partial charge in [0, 0.05) is 18.5 Å². The number of aryl methyl sites for hydroxylation is 4. The number of aromatic amines is 1. The molecular weight excluding hydrogens is 324 g/mol. The molecule has 0 saturated heterocycles. The Labute approximate surface area is 153 Å². The predicted octanol–water partition coefficient (Wildman–Crippen LogP) is 3.70. The number of H-pyrrole nitrogens is 1. The highest BCUT2D eigenvalue weighted by atomic mass is 16.1. The van der Waals surface area contributed by atoms with Gasteiger partial charge >= 0.3 is 0 Å². The standard InChI is InChI=1S/C22H24N2O2/c1-14-8-9-17-12-18(22(26)24-21(17)16(14)3)10-11-20(25)23-13-19-7-5-4-6-15(19)2/h4-9,12H,10-11,13H2,1-3H3,(H,23,25)(H,24,26). The van der Waals surface area contributed by atoms with Crippen molar-refractivity contribution in [3.8, 4) is 0 Å². The summed E-state index contributed by atoms with van der Waals surface area (Å²) in [6, 6.07) is 13.9. The first kappa shape index (κ1) is 17.9. The van der Waals surface area contributed by atoms with Crippen molar-refractivity contribution in [2.45, 2.75) is 40.2 Å². The van der Waals surface area contributed by atoms with E-state index in [2.05, 4.69) is 16.4 Å². The lowest BCUT2D eigenvalue weighted by molar-refractivity contribution is -0.121. The Morgan fingerprint density at radius 3 is 2.54 bits per heavy atom. The number of fused-ring (bicyclic) bond motifs is 1. The van der Waals surface area contributed by atoms with Crippen LogP contribution in [0.15, 0.2) is 47.3 Å². The number of carbonyl (C=O) groups is 1. The molecule has 0 saturated carbocycles. The van der Waals surface area contributed by atoms with E-state index in [-0.39, 0.29) is 11.5 Å². The summed E-state index contributed by atoms with van der Waals surface area (Å²) in [6.45, 7) is 6.57. The second-order valence-electron chi connectivity index (χ2n) is 6.80. The Bertz CT molecular complexity index is 1020. The highest BCUT2D eigenvalue weighted by Crippen LogP contribution is 2.19. The van der Waals surface area contributed by atoms with Gasteiger partial charge in [-0.2, -0.15) is 0 Å². The number of rotatable bonds is 5. The Hall–Kier alpha value is -2.88. The van der Waals surface area contributed by atoms with E-state index in [4.69, 9.17) is 0 Å². The van der Waals surface area contributed by atoms with Crippen molar-refractivity contribution >= 4 is 16.8 Å². The molecule has 0 aliphatic heterocycles. The van der Waals surface area contributed by atoms with Crippen LogP contribution in [-0.2, 0) is 17.8 Å². The van der Waals surface area contributed by atoms with E-state index >= 15 is 0 Å². The molecule has 0 spiro atoms. The van der Waals surface area contributed by atoms with Crippen LogP contribution in [0.2, 0.25) is 0 Å². The van der Waals surface area contributed by atoms with E-state index < -0.39 is 0 Å². The molecule has 1 aromatic heterocycles. The SMILES string of the molecule is Cc1ccccc1CNC(=O)CCc1cc2ccc(C)c(C)c2[nH]c1=O. The highest BCUT2D eigenvalue weighted by molar-refractivity contribution is 5.83. The Kier molecular flexibility index (Phi) is 5.21. The van der Waals surface area contributed by atoms with Gasteiger partial charge in [0.15, 0.2) is 0 Å². The minimum absolute atomic E-state index is 0.0483. The van der Waals surface area contributed by atoms with Gasteiger partial charge in [0.2, 0.25) is 5.91 Å². The molecule has 26 heavy (non-hydrogen) atoms. The van der Waals surface area contributed by atoms with Gasteiger partial charge in [-0.15, -0.1) is 0 Å². The number of benzene rings is 2. The fraction of sp³-hybridized carbons (Fsp3) is 0.273. The van der Waals surface area contributed by atoms with Gasteiger partial charge in [-0.25, -0.2) is 0 Å². The summed E-state index contributed by atoms with van der Waals surface area (Å²) < 4.78 is 0. The fourth-order valence-electron chi connectivity index (χ4n) is 3.09. The van der Waals surface area contributed by atoms with E-state index in [1.807, 2.05) is 57.2 Å². The molecule has 1 amide bonds. The van der Waals surface area contributed by atoms with Gasteiger partial charge in [-0.05, 0) is 60.9 Å². The average Bonchev–Trinajstić information content (AvgIpc) is 2.63. The van der Waals surface area contributed by atoms with Gasteiger partial charge in [0.25, 0.3) is 5.56 Å². The summed E-state index contributed by atoms with van der Waals surface area (Å²) in [4.78, 5) is 27.5. The van der Waals surface area contributed by atoms with Crippen molar-refractivity contribution in [2.24, 2.45) is 0 Å². The zero-order valence-corrected chi connectivity index (χ0v) is 15.5. The van der Waals surface area contributed by atoms with Crippen LogP contribution in [0.3, 0.4) is 0 Å². The third kappa shape index (κ3) is 3.85. The van der Waals surface area contributed by atoms with Crippen molar-refractivity contribution < 1.29 is 4.79 Å². The molecule has 4 nitrogen and oxygen atoms in total. The molecular formula is C22H24N2O2. The van der Waals surface area contributed by atoms with Gasteiger partial charge in [-0.1, -0.05) is 36.4 Å². The number of pyridine rings is 1. The summed E-state index contributed by atoms with van der Waals surface area (Å²) >= 11 is 0. The minimum Gasteiger partial charge on any atom is -0.352 e. The fourth-order valence-corrected chi connectivity index (χ4v) is 3.09. The first-order valence-electron chi connectivity index (χ1n) is 8.89. The second kappa shape index (κ2) is 7.56. The third-order valence-electron chi connectivity index (χ3n) is 4.99. The zero-order valence-electron chi connectivity index (χ0n) is 15.5. The number of carbonyl (C=O) groups excluding carboxylic acids is 1. The number of aromatic nitrogens is 1. The third-order valence-corrected chi connectivity index (χ3v) is 4.99. The lowest BCUT2D eigenvalue weighted by atomic mass is 10.0. The van der Waals surface area contributed by atoms with E-state index in [0.29, 0.717) is 24.9 Å². The first-order chi connectivity index (χ1) is 12.5. The minimum atomic E-state index is -0.113. The summed E-state index contributed by atoms with van der Waals surface area (Å²) in [7, 11) is 0. The van der Waals surface area contributed by atoms with E-state index in [1.54, 1.807) is 0 Å². The number of hydrogen-bond donors (Lipinski definition) is 2. The molecule has 134 valence electrons. The Balaban J connectivity index is 1.67. The van der Waals surface area contributed by atoms with Crippen LogP contribution in [0.4, 0.5) is 0 Å². The Morgan fingerprint density at radius 1 is 1.00 bits per heavy atom. The lowest BCUT2D eigenvalue weighted by Gasteiger charge is -2.09. The molecule has 3 rings (SSSR count). The maximum absolute atomic E-state index is 12.3. The average molecular weight is 348 g/mol. The molecule has 0 fully saturated rings. The van der Waals surface area contributed by atoms with Crippen molar-refractivity contribution in [1.82, 2.24) is 10.3 Å². The monoisotopic (exact) mass is 348 g/mol. The van der Waals surface area contributed by atoms with Gasteiger partial charge in [0.05, 0.1) is 5.52 Å². The van der Waals surface area contributed by atoms with Crippen molar-refractivity contribution in [3.05, 3.63) is 80.6 Å². The summed E-state index contributed by atoms with van der Waals surface area (Å²) in [5.41, 5.74) is 5.91. The molecule has 0 atom stereocenters. The molecule has 4 heteroatoms. The molecule has 2 N–H and O–H groups in total. The summed E-state index contributed by atoms with van der Waals surface area (Å²) in [5, 5.41) is 3.93. The molecule has 3 aromatic rings. The van der Waals surface area contributed by atoms with Crippen molar-refractivity contribution in [1.29, 1.82) is 0 Å². The topological polar surface area (TPSA) is 62.0 Å². The molecule has 0 bridgehead atoms. The summed E-state index contributed by atoms with van der Waals surface area (Å²) in [5.74, 6) is -0.0483. The molecule has 2 aromatic carbocycles. The molecule has 0 aliphatic carbocycles. The molecule has 0 unspecified atom stereocenters. The van der Waals surface area contributed by atoms with E-state index in [0.717, 1.165) is 33.2 Å². The maximum Gasteiger partial charge on any atom is 0.251 e. The second-order valence-corrected chi connectivity index (χ2v) is 6.80. The van der Waals surface area contributed by atoms with Crippen LogP contribution in [0, 0.1) is 20.8 Å². The molecule has 0 radical (unpaired) electrons. The van der Waals surface area contributed by atoms with Gasteiger partial charge in [0.1, 0.15) is 0 Å². The Morgan fingerprint density at radius 2 is 1.77 bits per heavy atom. The number of hydrogen-bond acceptors (Lipinski definition) is 2. The smallest absolute Gasteiger partial charge is 0.251 e. The van der Waals surface area contributed by atoms with Crippen LogP contribution in [-0.4, -0.2) is 10.9 Å². The van der Waals surface area contributed by atoms with Gasteiger partial charge in [-0.3, -0.25) is 9.59 Å². The van der Waals surface area contributed by atoms with Crippen molar-refractivity contribution in [3.63, 3.8) is 0 Å². The summed E-state index contributed by atoms with van der Waals surface area (Å²) in [6.07, 6.45) is 0.725. The van der Waals surface area contributed by atoms with Crippen LogP contribution in [0.5, 0.6) is 0 Å². The zero-order chi connectivity index (χ0) is 18.7. The lowest BCUT2D eigenvalue weighted by Crippen LogP contribution is -2.24. The van der Waals surface area contributed by atoms with Crippen LogP contribution in [0.1, 0.15) is 34.2 Å². The van der Waals surface area contributed by atoms with Gasteiger partial charge < -0.3 is 10.3 Å². The number of amides is 1. The van der Waals surface area contributed by atoms with Crippen LogP contribution >= 0.6 is 0 Å². The van der Waals surface area contributed by atoms with Crippen LogP contribution in [0.25, 0.3) is 10.9 Å². The number of nitrogens with one attached hydrogen (secondary N) is 2. The highest BCUT2D eigenvalue weighted by Gasteiger charge is 2.09. The van der Waals surface area contributed by atoms with Crippen molar-refractivity contribution in [2.75, 3.05) is 0 Å². The van der Waals surface area contributed by atoms with E-state index in [1.165, 1.54) is 0 Å².